The second-order valence-corrected chi connectivity index (χ2v) is 11.2. The van der Waals surface area contributed by atoms with Gasteiger partial charge < -0.3 is 28.8 Å². The number of carboxylic acids is 2. The number of nitrogens with zero attached hydrogens (tertiary/aromatic N) is 5. The van der Waals surface area contributed by atoms with Crippen LogP contribution in [0.15, 0.2) is 70.5 Å². The molecule has 0 aliphatic carbocycles. The summed E-state index contributed by atoms with van der Waals surface area (Å²) in [5.74, 6) is -1.90. The Hall–Kier alpha value is -5.82. The molecule has 0 saturated heterocycles. The second-order valence-electron chi connectivity index (χ2n) is 11.2. The first kappa shape index (κ1) is 32.1. The number of ether oxygens (including phenoxy) is 2. The van der Waals surface area contributed by atoms with Crippen molar-refractivity contribution in [1.82, 2.24) is 24.0 Å². The van der Waals surface area contributed by atoms with Gasteiger partial charge in [0.1, 0.15) is 35.6 Å². The maximum Gasteiger partial charge on any atom is 0.341 e. The number of likely N-dealkylation sites (N-methyl/N-ethyl adjacent to an activating group) is 1. The van der Waals surface area contributed by atoms with E-state index in [0.717, 1.165) is 0 Å². The van der Waals surface area contributed by atoms with E-state index in [2.05, 4.69) is 9.97 Å². The fourth-order valence-electron chi connectivity index (χ4n) is 5.84. The summed E-state index contributed by atoms with van der Waals surface area (Å²) in [5, 5.41) is 22.0. The summed E-state index contributed by atoms with van der Waals surface area (Å²) in [7, 11) is 1.91. The van der Waals surface area contributed by atoms with Gasteiger partial charge in [-0.2, -0.15) is 9.97 Å². The molecule has 13 nitrogen and oxygen atoms in total. The van der Waals surface area contributed by atoms with Crippen molar-refractivity contribution in [2.45, 2.75) is 26.9 Å². The topological polar surface area (TPSA) is 166 Å². The van der Waals surface area contributed by atoms with Crippen molar-refractivity contribution in [3.05, 3.63) is 92.5 Å². The van der Waals surface area contributed by atoms with Gasteiger partial charge in [0, 0.05) is 60.1 Å². The number of fused-ring (bicyclic) bond motifs is 6. The quantitative estimate of drug-likeness (QED) is 0.182. The molecule has 0 bridgehead atoms. The number of rotatable bonds is 12. The number of aromatic carboxylic acids is 2. The third-order valence-electron chi connectivity index (χ3n) is 8.34. The highest BCUT2D eigenvalue weighted by Crippen LogP contribution is 2.31. The Bertz CT molecular complexity index is 2200. The second kappa shape index (κ2) is 13.1. The van der Waals surface area contributed by atoms with E-state index >= 15 is 0 Å². The van der Waals surface area contributed by atoms with Gasteiger partial charge in [0.15, 0.2) is 0 Å². The minimum absolute atomic E-state index is 0.238. The predicted octanol–water partition coefficient (Wildman–Crippen LogP) is 4.24. The normalized spacial score (nSPS) is 11.6. The zero-order chi connectivity index (χ0) is 34.1. The molecule has 0 spiro atoms. The monoisotopic (exact) mass is 651 g/mol. The Morgan fingerprint density at radius 1 is 0.688 bits per heavy atom. The molecule has 0 saturated carbocycles. The van der Waals surface area contributed by atoms with Crippen LogP contribution in [0.25, 0.3) is 43.6 Å². The largest absolute Gasteiger partial charge is 0.477 e. The molecule has 246 valence electrons. The SMILES string of the molecule is CCn1cc(C(=O)O)c(=O)c2c3ccccc3c(OCCN(C)CCOc3nc4c(c(=O)c(C(=O)O)cn4CC)c4ccccc34)nc21. The van der Waals surface area contributed by atoms with Crippen molar-refractivity contribution in [2.75, 3.05) is 33.4 Å². The Kier molecular flexibility index (Phi) is 8.78. The zero-order valence-electron chi connectivity index (χ0n) is 26.6. The maximum atomic E-state index is 13.2. The third kappa shape index (κ3) is 5.68. The van der Waals surface area contributed by atoms with Gasteiger partial charge in [-0.25, -0.2) is 9.59 Å². The highest BCUT2D eigenvalue weighted by atomic mass is 16.5. The highest BCUT2D eigenvalue weighted by molar-refractivity contribution is 6.09. The van der Waals surface area contributed by atoms with Gasteiger partial charge in [-0.1, -0.05) is 36.4 Å². The van der Waals surface area contributed by atoms with E-state index in [9.17, 15) is 29.4 Å². The van der Waals surface area contributed by atoms with E-state index in [-0.39, 0.29) is 35.1 Å². The molecule has 0 aliphatic rings. The van der Waals surface area contributed by atoms with Crippen LogP contribution in [0, 0.1) is 0 Å². The molecule has 4 heterocycles. The smallest absolute Gasteiger partial charge is 0.341 e. The molecule has 0 radical (unpaired) electrons. The van der Waals surface area contributed by atoms with Crippen LogP contribution in [0.5, 0.6) is 11.8 Å². The van der Waals surface area contributed by atoms with E-state index in [1.807, 2.05) is 25.8 Å². The fourth-order valence-corrected chi connectivity index (χ4v) is 5.84. The summed E-state index contributed by atoms with van der Waals surface area (Å²) < 4.78 is 15.5. The van der Waals surface area contributed by atoms with Crippen LogP contribution in [-0.2, 0) is 13.1 Å². The lowest BCUT2D eigenvalue weighted by atomic mass is 10.1. The molecule has 6 rings (SSSR count). The van der Waals surface area contributed by atoms with Crippen molar-refractivity contribution in [3.63, 3.8) is 0 Å². The third-order valence-corrected chi connectivity index (χ3v) is 8.34. The number of carboxylic acid groups (broad SMARTS) is 2. The molecule has 0 unspecified atom stereocenters. The summed E-state index contributed by atoms with van der Waals surface area (Å²) in [6.07, 6.45) is 2.63. The molecule has 13 heteroatoms. The van der Waals surface area contributed by atoms with Gasteiger partial charge in [-0.15, -0.1) is 0 Å². The van der Waals surface area contributed by atoms with Crippen LogP contribution < -0.4 is 20.3 Å². The molecular weight excluding hydrogens is 618 g/mol. The number of carbonyl (C=O) groups is 2. The first-order valence-corrected chi connectivity index (χ1v) is 15.5. The number of hydrogen-bond acceptors (Lipinski definition) is 9. The first-order valence-electron chi connectivity index (χ1n) is 15.5. The minimum atomic E-state index is -1.29. The maximum absolute atomic E-state index is 13.2. The van der Waals surface area contributed by atoms with Crippen molar-refractivity contribution >= 4 is 55.6 Å². The van der Waals surface area contributed by atoms with Crippen molar-refractivity contribution in [3.8, 4) is 11.8 Å². The molecule has 2 N–H and O–H groups in total. The van der Waals surface area contributed by atoms with Gasteiger partial charge in [0.2, 0.25) is 22.6 Å². The average Bonchev–Trinajstić information content (AvgIpc) is 3.08. The van der Waals surface area contributed by atoms with Crippen molar-refractivity contribution < 1.29 is 29.3 Å². The van der Waals surface area contributed by atoms with E-state index < -0.39 is 22.8 Å². The number of aryl methyl sites for hydroxylation is 2. The Balaban J connectivity index is 1.20. The summed E-state index contributed by atoms with van der Waals surface area (Å²) >= 11 is 0. The van der Waals surface area contributed by atoms with E-state index in [0.29, 0.717) is 70.8 Å². The van der Waals surface area contributed by atoms with Gasteiger partial charge in [-0.3, -0.25) is 14.5 Å². The van der Waals surface area contributed by atoms with Crippen LogP contribution in [0.1, 0.15) is 34.6 Å². The van der Waals surface area contributed by atoms with Gasteiger partial charge in [0.05, 0.1) is 10.8 Å². The molecule has 2 aromatic carbocycles. The Labute approximate surface area is 273 Å². The van der Waals surface area contributed by atoms with Crippen LogP contribution in [-0.4, -0.2) is 79.5 Å². The standard InChI is InChI=1S/C35H33N5O8/c1-4-39-18-24(34(43)44)28(41)26-20-10-6-8-12-22(20)32(36-30(26)39)47-16-14-38(3)15-17-48-33-23-13-9-7-11-21(23)27-29(42)25(35(45)46)19-40(5-2)31(27)37-33/h6-13,18-19H,4-5,14-17H2,1-3H3,(H,43,44)(H,45,46). The fraction of sp³-hybridized carbons (Fsp3) is 0.257. The molecular formula is C35H33N5O8. The lowest BCUT2D eigenvalue weighted by Crippen LogP contribution is -2.29. The van der Waals surface area contributed by atoms with Crippen LogP contribution >= 0.6 is 0 Å². The first-order chi connectivity index (χ1) is 23.1. The average molecular weight is 652 g/mol. The number of aromatic nitrogens is 4. The van der Waals surface area contributed by atoms with Crippen molar-refractivity contribution in [2.24, 2.45) is 0 Å². The summed E-state index contributed by atoms with van der Waals surface area (Å²) in [5.41, 5.74) is -1.10. The summed E-state index contributed by atoms with van der Waals surface area (Å²) in [6.45, 7) is 6.07. The van der Waals surface area contributed by atoms with Gasteiger partial charge >= 0.3 is 11.9 Å². The summed E-state index contributed by atoms with van der Waals surface area (Å²) in [4.78, 5) is 61.2. The van der Waals surface area contributed by atoms with E-state index in [1.165, 1.54) is 12.4 Å². The van der Waals surface area contributed by atoms with Gasteiger partial charge in [0.25, 0.3) is 0 Å². The van der Waals surface area contributed by atoms with E-state index in [4.69, 9.17) is 9.47 Å². The Morgan fingerprint density at radius 2 is 1.06 bits per heavy atom. The molecule has 0 aliphatic heterocycles. The lowest BCUT2D eigenvalue weighted by molar-refractivity contribution is 0.0684. The van der Waals surface area contributed by atoms with Crippen LogP contribution in [0.3, 0.4) is 0 Å². The molecule has 0 atom stereocenters. The van der Waals surface area contributed by atoms with Crippen LogP contribution in [0.4, 0.5) is 0 Å². The molecule has 0 amide bonds. The van der Waals surface area contributed by atoms with Crippen molar-refractivity contribution in [1.29, 1.82) is 0 Å². The number of hydrogen-bond donors (Lipinski definition) is 2. The molecule has 0 fully saturated rings. The molecule has 6 aromatic rings. The summed E-state index contributed by atoms with van der Waals surface area (Å²) in [6, 6.07) is 14.3. The molecule has 4 aromatic heterocycles. The van der Waals surface area contributed by atoms with Gasteiger partial charge in [-0.05, 0) is 33.0 Å². The van der Waals surface area contributed by atoms with E-state index in [1.54, 1.807) is 57.7 Å². The molecule has 48 heavy (non-hydrogen) atoms. The Morgan fingerprint density at radius 3 is 1.42 bits per heavy atom. The highest BCUT2D eigenvalue weighted by Gasteiger charge is 2.21. The lowest BCUT2D eigenvalue weighted by Gasteiger charge is -2.19. The number of pyridine rings is 4. The number of benzene rings is 2. The van der Waals surface area contributed by atoms with Crippen LogP contribution in [0.2, 0.25) is 0 Å². The zero-order valence-corrected chi connectivity index (χ0v) is 26.6. The predicted molar refractivity (Wildman–Crippen MR) is 181 cm³/mol. The minimum Gasteiger partial charge on any atom is -0.477 e.